The van der Waals surface area contributed by atoms with Crippen molar-refractivity contribution in [3.05, 3.63) is 0 Å². The molecule has 2 saturated carbocycles. The summed E-state index contributed by atoms with van der Waals surface area (Å²) in [4.78, 5) is 2.61. The second-order valence-electron chi connectivity index (χ2n) is 6.42. The van der Waals surface area contributed by atoms with E-state index in [4.69, 9.17) is 0 Å². The van der Waals surface area contributed by atoms with Gasteiger partial charge in [0, 0.05) is 25.2 Å². The molecule has 2 aliphatic rings. The van der Waals surface area contributed by atoms with Crippen LogP contribution in [-0.2, 0) is 0 Å². The van der Waals surface area contributed by atoms with Gasteiger partial charge in [0.15, 0.2) is 0 Å². The van der Waals surface area contributed by atoms with Gasteiger partial charge in [-0.25, -0.2) is 0 Å². The van der Waals surface area contributed by atoms with Gasteiger partial charge in [-0.15, -0.1) is 0 Å². The highest BCUT2D eigenvalue weighted by Crippen LogP contribution is 2.21. The molecule has 2 rings (SSSR count). The summed E-state index contributed by atoms with van der Waals surface area (Å²) in [5, 5.41) is 3.77. The smallest absolute Gasteiger partial charge is 0.0107 e. The van der Waals surface area contributed by atoms with Crippen molar-refractivity contribution in [1.82, 2.24) is 10.2 Å². The van der Waals surface area contributed by atoms with Crippen LogP contribution in [0, 0.1) is 0 Å². The van der Waals surface area contributed by atoms with E-state index in [2.05, 4.69) is 17.3 Å². The van der Waals surface area contributed by atoms with Gasteiger partial charge in [0.1, 0.15) is 0 Å². The fourth-order valence-corrected chi connectivity index (χ4v) is 3.63. The van der Waals surface area contributed by atoms with Crippen molar-refractivity contribution in [2.45, 2.75) is 82.7 Å². The summed E-state index contributed by atoms with van der Waals surface area (Å²) >= 11 is 0. The molecule has 0 aliphatic heterocycles. The first-order valence-corrected chi connectivity index (χ1v) is 8.30. The maximum Gasteiger partial charge on any atom is 0.0107 e. The van der Waals surface area contributed by atoms with Gasteiger partial charge >= 0.3 is 0 Å². The van der Waals surface area contributed by atoms with E-state index >= 15 is 0 Å². The van der Waals surface area contributed by atoms with E-state index in [1.54, 1.807) is 0 Å². The van der Waals surface area contributed by atoms with Gasteiger partial charge in [0.05, 0.1) is 0 Å². The van der Waals surface area contributed by atoms with Crippen molar-refractivity contribution >= 4 is 0 Å². The van der Waals surface area contributed by atoms with Gasteiger partial charge in [0.25, 0.3) is 0 Å². The van der Waals surface area contributed by atoms with E-state index in [0.29, 0.717) is 0 Å². The minimum atomic E-state index is 0.821. The zero-order chi connectivity index (χ0) is 12.6. The molecule has 0 saturated heterocycles. The lowest BCUT2D eigenvalue weighted by Gasteiger charge is -2.29. The second-order valence-corrected chi connectivity index (χ2v) is 6.42. The Morgan fingerprint density at radius 3 is 2.06 bits per heavy atom. The average Bonchev–Trinajstić information content (AvgIpc) is 2.69. The van der Waals surface area contributed by atoms with Crippen LogP contribution < -0.4 is 5.32 Å². The van der Waals surface area contributed by atoms with E-state index in [0.717, 1.165) is 12.1 Å². The van der Waals surface area contributed by atoms with Crippen molar-refractivity contribution in [2.24, 2.45) is 0 Å². The van der Waals surface area contributed by atoms with Gasteiger partial charge in [-0.2, -0.15) is 0 Å². The van der Waals surface area contributed by atoms with Gasteiger partial charge in [-0.3, -0.25) is 0 Å². The van der Waals surface area contributed by atoms with Gasteiger partial charge < -0.3 is 10.2 Å². The Morgan fingerprint density at radius 2 is 1.39 bits per heavy atom. The molecular formula is C16H32N2. The largest absolute Gasteiger partial charge is 0.313 e. The first kappa shape index (κ1) is 14.3. The number of likely N-dealkylation sites (N-methyl/N-ethyl adjacent to an activating group) is 1. The molecule has 1 N–H and O–H groups in total. The van der Waals surface area contributed by atoms with Gasteiger partial charge in [-0.05, 0) is 32.7 Å². The van der Waals surface area contributed by atoms with E-state index in [1.807, 2.05) is 0 Å². The average molecular weight is 252 g/mol. The summed E-state index contributed by atoms with van der Waals surface area (Å²) in [6.45, 7) is 2.43. The van der Waals surface area contributed by atoms with Crippen LogP contribution in [0.15, 0.2) is 0 Å². The summed E-state index contributed by atoms with van der Waals surface area (Å²) in [5.74, 6) is 0. The van der Waals surface area contributed by atoms with E-state index in [9.17, 15) is 0 Å². The van der Waals surface area contributed by atoms with Crippen molar-refractivity contribution in [1.29, 1.82) is 0 Å². The summed E-state index contributed by atoms with van der Waals surface area (Å²) in [7, 11) is 2.33. The topological polar surface area (TPSA) is 15.3 Å². The van der Waals surface area contributed by atoms with Gasteiger partial charge in [0.2, 0.25) is 0 Å². The molecule has 0 spiro atoms. The molecule has 2 fully saturated rings. The number of rotatable bonds is 5. The van der Waals surface area contributed by atoms with Crippen LogP contribution in [0.2, 0.25) is 0 Å². The van der Waals surface area contributed by atoms with Crippen LogP contribution in [0.5, 0.6) is 0 Å². The van der Waals surface area contributed by atoms with E-state index < -0.39 is 0 Å². The Bertz CT molecular complexity index is 203. The van der Waals surface area contributed by atoms with E-state index in [1.165, 1.54) is 83.7 Å². The molecular weight excluding hydrogens is 220 g/mol. The molecule has 2 aliphatic carbocycles. The molecule has 106 valence electrons. The molecule has 0 aromatic rings. The normalized spacial score (nSPS) is 24.3. The van der Waals surface area contributed by atoms with E-state index in [-0.39, 0.29) is 0 Å². The summed E-state index contributed by atoms with van der Waals surface area (Å²) in [6, 6.07) is 1.68. The first-order chi connectivity index (χ1) is 8.86. The maximum atomic E-state index is 3.77. The molecule has 2 nitrogen and oxygen atoms in total. The highest BCUT2D eigenvalue weighted by molar-refractivity contribution is 4.75. The van der Waals surface area contributed by atoms with Gasteiger partial charge in [-0.1, -0.05) is 44.9 Å². The van der Waals surface area contributed by atoms with Crippen molar-refractivity contribution in [3.63, 3.8) is 0 Å². The molecule has 2 heteroatoms. The first-order valence-electron chi connectivity index (χ1n) is 8.30. The molecule has 0 atom stereocenters. The fourth-order valence-electron chi connectivity index (χ4n) is 3.63. The number of hydrogen-bond acceptors (Lipinski definition) is 2. The molecule has 18 heavy (non-hydrogen) atoms. The Labute approximate surface area is 114 Å². The summed E-state index contributed by atoms with van der Waals surface area (Å²) in [5.41, 5.74) is 0. The van der Waals surface area contributed by atoms with Crippen LogP contribution in [0.3, 0.4) is 0 Å². The maximum absolute atomic E-state index is 3.77. The molecule has 0 bridgehead atoms. The summed E-state index contributed by atoms with van der Waals surface area (Å²) < 4.78 is 0. The third-order valence-corrected chi connectivity index (χ3v) is 4.95. The standard InChI is InChI=1S/C16H32N2/c1-18(16-11-7-2-3-8-12-16)14-13-17-15-9-5-4-6-10-15/h15-17H,2-14H2,1H3. The van der Waals surface area contributed by atoms with Crippen LogP contribution in [0.25, 0.3) is 0 Å². The summed E-state index contributed by atoms with van der Waals surface area (Å²) in [6.07, 6.45) is 15.8. The SMILES string of the molecule is CN(CCNC1CCCCC1)C1CCCCCC1. The van der Waals surface area contributed by atoms with Crippen LogP contribution >= 0.6 is 0 Å². The highest BCUT2D eigenvalue weighted by atomic mass is 15.1. The minimum absolute atomic E-state index is 0.821. The molecule has 0 aromatic carbocycles. The lowest BCUT2D eigenvalue weighted by Crippen LogP contribution is -2.40. The Hall–Kier alpha value is -0.0800. The predicted octanol–water partition coefficient (Wildman–Crippen LogP) is 3.56. The lowest BCUT2D eigenvalue weighted by atomic mass is 9.95. The molecule has 0 unspecified atom stereocenters. The molecule has 0 radical (unpaired) electrons. The van der Waals surface area contributed by atoms with Crippen LogP contribution in [0.4, 0.5) is 0 Å². The number of nitrogens with one attached hydrogen (secondary N) is 1. The Kier molecular flexibility index (Phi) is 6.50. The third kappa shape index (κ3) is 4.89. The Morgan fingerprint density at radius 1 is 0.833 bits per heavy atom. The number of hydrogen-bond donors (Lipinski definition) is 1. The van der Waals surface area contributed by atoms with Crippen LogP contribution in [-0.4, -0.2) is 37.1 Å². The predicted molar refractivity (Wildman–Crippen MR) is 79.0 cm³/mol. The highest BCUT2D eigenvalue weighted by Gasteiger charge is 2.17. The monoisotopic (exact) mass is 252 g/mol. The minimum Gasteiger partial charge on any atom is -0.313 e. The molecule has 0 amide bonds. The quantitative estimate of drug-likeness (QED) is 0.753. The van der Waals surface area contributed by atoms with Crippen molar-refractivity contribution < 1.29 is 0 Å². The van der Waals surface area contributed by atoms with Crippen molar-refractivity contribution in [2.75, 3.05) is 20.1 Å². The number of nitrogens with zero attached hydrogens (tertiary/aromatic N) is 1. The van der Waals surface area contributed by atoms with Crippen LogP contribution in [0.1, 0.15) is 70.6 Å². The zero-order valence-electron chi connectivity index (χ0n) is 12.3. The zero-order valence-corrected chi connectivity index (χ0v) is 12.3. The van der Waals surface area contributed by atoms with Crippen molar-refractivity contribution in [3.8, 4) is 0 Å². The lowest BCUT2D eigenvalue weighted by molar-refractivity contribution is 0.215. The third-order valence-electron chi connectivity index (χ3n) is 4.95. The Balaban J connectivity index is 1.59. The molecule has 0 heterocycles. The fraction of sp³-hybridized carbons (Fsp3) is 1.00. The molecule has 0 aromatic heterocycles. The second kappa shape index (κ2) is 8.16.